The highest BCUT2D eigenvalue weighted by Crippen LogP contribution is 2.53. The quantitative estimate of drug-likeness (QED) is 0.326. The van der Waals surface area contributed by atoms with Gasteiger partial charge >= 0.3 is 18.1 Å². The zero-order chi connectivity index (χ0) is 14.9. The summed E-state index contributed by atoms with van der Waals surface area (Å²) in [7, 11) is 0. The molecule has 1 aliphatic heterocycles. The molecule has 3 nitrogen and oxygen atoms in total. The van der Waals surface area contributed by atoms with Crippen LogP contribution in [0.25, 0.3) is 0 Å². The van der Waals surface area contributed by atoms with Crippen LogP contribution in [-0.4, -0.2) is 36.4 Å². The Morgan fingerprint density at radius 2 is 2.00 bits per heavy atom. The van der Waals surface area contributed by atoms with Crippen LogP contribution in [0, 0.1) is 0 Å². The molecule has 0 spiro atoms. The zero-order valence-electron chi connectivity index (χ0n) is 10.1. The van der Waals surface area contributed by atoms with E-state index < -0.39 is 42.8 Å². The Morgan fingerprint density at radius 3 is 2.37 bits per heavy atom. The summed E-state index contributed by atoms with van der Waals surface area (Å²) in [6, 6.07) is 0. The van der Waals surface area contributed by atoms with Crippen molar-refractivity contribution in [1.29, 1.82) is 0 Å². The van der Waals surface area contributed by atoms with Gasteiger partial charge in [0.2, 0.25) is 0 Å². The fourth-order valence-electron chi connectivity index (χ4n) is 1.57. The molecule has 110 valence electrons. The minimum absolute atomic E-state index is 0.161. The molecule has 0 radical (unpaired) electrons. The average molecular weight is 288 g/mol. The van der Waals surface area contributed by atoms with E-state index in [-0.39, 0.29) is 6.42 Å². The molecule has 1 heterocycles. The van der Waals surface area contributed by atoms with Gasteiger partial charge in [0.05, 0.1) is 12.7 Å². The topological polar surface area (TPSA) is 38.8 Å². The van der Waals surface area contributed by atoms with Gasteiger partial charge in [0.15, 0.2) is 5.60 Å². The molecule has 8 heteroatoms. The predicted octanol–water partition coefficient (Wildman–Crippen LogP) is 2.85. The van der Waals surface area contributed by atoms with Gasteiger partial charge in [-0.15, -0.1) is 0 Å². The first-order chi connectivity index (χ1) is 8.56. The van der Waals surface area contributed by atoms with Crippen LogP contribution in [0.1, 0.15) is 19.8 Å². The van der Waals surface area contributed by atoms with E-state index in [4.69, 9.17) is 0 Å². The number of carbonyl (C=O) groups excluding carboxylic acids is 1. The summed E-state index contributed by atoms with van der Waals surface area (Å²) in [4.78, 5) is 10.8. The maximum atomic E-state index is 13.2. The lowest BCUT2D eigenvalue weighted by Gasteiger charge is -2.26. The number of alkyl halides is 5. The lowest BCUT2D eigenvalue weighted by molar-refractivity contribution is -0.306. The molecule has 2 atom stereocenters. The molecule has 1 saturated heterocycles. The molecule has 0 N–H and O–H groups in total. The van der Waals surface area contributed by atoms with Crippen molar-refractivity contribution in [2.75, 3.05) is 6.61 Å². The molecule has 0 amide bonds. The highest BCUT2D eigenvalue weighted by atomic mass is 19.4. The Bertz CT molecular complexity index is 360. The Morgan fingerprint density at radius 1 is 1.47 bits per heavy atom. The molecule has 1 aliphatic rings. The van der Waals surface area contributed by atoms with Crippen LogP contribution in [0.2, 0.25) is 0 Å². The average Bonchev–Trinajstić information content (AvgIpc) is 3.06. The third-order valence-electron chi connectivity index (χ3n) is 2.86. The van der Waals surface area contributed by atoms with Gasteiger partial charge in [0.25, 0.3) is 0 Å². The van der Waals surface area contributed by atoms with E-state index >= 15 is 0 Å². The highest BCUT2D eigenvalue weighted by Gasteiger charge is 2.76. The van der Waals surface area contributed by atoms with Crippen LogP contribution < -0.4 is 0 Å². The second-order valence-corrected chi connectivity index (χ2v) is 4.35. The number of hydrogen-bond acceptors (Lipinski definition) is 3. The lowest BCUT2D eigenvalue weighted by Crippen LogP contribution is -2.50. The summed E-state index contributed by atoms with van der Waals surface area (Å²) in [5, 5.41) is 0. The number of ether oxygens (including phenoxy) is 2. The molecule has 0 aromatic heterocycles. The maximum absolute atomic E-state index is 13.2. The van der Waals surface area contributed by atoms with Crippen LogP contribution >= 0.6 is 0 Å². The van der Waals surface area contributed by atoms with E-state index in [1.165, 1.54) is 6.92 Å². The molecular formula is C11H13F5O3. The Kier molecular flexibility index (Phi) is 4.23. The Hall–Kier alpha value is -1.18. The largest absolute Gasteiger partial charge is 0.460 e. The molecule has 0 saturated carbocycles. The molecule has 2 unspecified atom stereocenters. The molecule has 0 aliphatic carbocycles. The highest BCUT2D eigenvalue weighted by molar-refractivity contribution is 5.81. The third-order valence-corrected chi connectivity index (χ3v) is 2.86. The van der Waals surface area contributed by atoms with Crippen molar-refractivity contribution in [2.45, 2.75) is 43.6 Å². The summed E-state index contributed by atoms with van der Waals surface area (Å²) in [6.07, 6.45) is -6.29. The summed E-state index contributed by atoms with van der Waals surface area (Å²) >= 11 is 0. The molecule has 0 aromatic carbocycles. The van der Waals surface area contributed by atoms with E-state index in [1.54, 1.807) is 0 Å². The molecule has 1 rings (SSSR count). The Labute approximate surface area is 106 Å². The minimum Gasteiger partial charge on any atom is -0.460 e. The smallest absolute Gasteiger partial charge is 0.456 e. The summed E-state index contributed by atoms with van der Waals surface area (Å²) in [5.41, 5.74) is -2.53. The number of esters is 1. The normalized spacial score (nSPS) is 24.7. The first-order valence-electron chi connectivity index (χ1n) is 5.47. The van der Waals surface area contributed by atoms with E-state index in [0.717, 1.165) is 6.08 Å². The molecule has 1 fully saturated rings. The van der Waals surface area contributed by atoms with Crippen molar-refractivity contribution >= 4 is 5.97 Å². The summed E-state index contributed by atoms with van der Waals surface area (Å²) < 4.78 is 72.1. The second-order valence-electron chi connectivity index (χ2n) is 4.35. The number of carbonyl (C=O) groups is 1. The van der Waals surface area contributed by atoms with Gasteiger partial charge in [-0.25, -0.2) is 4.79 Å². The van der Waals surface area contributed by atoms with Crippen LogP contribution in [-0.2, 0) is 14.3 Å². The number of hydrogen-bond donors (Lipinski definition) is 0. The van der Waals surface area contributed by atoms with Gasteiger partial charge < -0.3 is 9.47 Å². The summed E-state index contributed by atoms with van der Waals surface area (Å²) in [6.45, 7) is 3.87. The number of epoxide rings is 1. The number of rotatable bonds is 6. The lowest BCUT2D eigenvalue weighted by atomic mass is 9.94. The van der Waals surface area contributed by atoms with Gasteiger partial charge in [0.1, 0.15) is 0 Å². The van der Waals surface area contributed by atoms with E-state index in [2.05, 4.69) is 16.1 Å². The van der Waals surface area contributed by atoms with E-state index in [9.17, 15) is 26.7 Å². The van der Waals surface area contributed by atoms with Crippen molar-refractivity contribution < 1.29 is 36.2 Å². The molecular weight excluding hydrogens is 275 g/mol. The van der Waals surface area contributed by atoms with E-state index in [0.29, 0.717) is 0 Å². The standard InChI is InChI=1S/C11H13F5O3/c1-3-8(17)19-7(2)4-5-9(6-18-9)10(12,13)11(14,15)16/h3,7H,1,4-6H2,2H3. The molecule has 0 aromatic rings. The Balaban J connectivity index is 2.58. The second kappa shape index (κ2) is 5.07. The van der Waals surface area contributed by atoms with Gasteiger partial charge in [-0.2, -0.15) is 22.0 Å². The van der Waals surface area contributed by atoms with Gasteiger partial charge in [-0.1, -0.05) is 6.58 Å². The van der Waals surface area contributed by atoms with Crippen molar-refractivity contribution in [3.8, 4) is 0 Å². The fourth-order valence-corrected chi connectivity index (χ4v) is 1.57. The van der Waals surface area contributed by atoms with Crippen molar-refractivity contribution in [3.63, 3.8) is 0 Å². The van der Waals surface area contributed by atoms with Crippen molar-refractivity contribution in [2.24, 2.45) is 0 Å². The SMILES string of the molecule is C=CC(=O)OC(C)CCC1(C(F)(F)C(F)(F)F)CO1. The van der Waals surface area contributed by atoms with Gasteiger partial charge in [0, 0.05) is 6.08 Å². The van der Waals surface area contributed by atoms with Crippen molar-refractivity contribution in [3.05, 3.63) is 12.7 Å². The van der Waals surface area contributed by atoms with Gasteiger partial charge in [-0.05, 0) is 19.8 Å². The van der Waals surface area contributed by atoms with Crippen LogP contribution in [0.4, 0.5) is 22.0 Å². The summed E-state index contributed by atoms with van der Waals surface area (Å²) in [5.74, 6) is -5.68. The minimum atomic E-state index is -5.66. The van der Waals surface area contributed by atoms with E-state index in [1.807, 2.05) is 0 Å². The zero-order valence-corrected chi connectivity index (χ0v) is 10.1. The van der Waals surface area contributed by atoms with Crippen LogP contribution in [0.5, 0.6) is 0 Å². The fraction of sp³-hybridized carbons (Fsp3) is 0.727. The number of halogens is 5. The maximum Gasteiger partial charge on any atom is 0.456 e. The van der Waals surface area contributed by atoms with Crippen LogP contribution in [0.15, 0.2) is 12.7 Å². The van der Waals surface area contributed by atoms with Crippen LogP contribution in [0.3, 0.4) is 0 Å². The third kappa shape index (κ3) is 3.23. The van der Waals surface area contributed by atoms with Gasteiger partial charge in [-0.3, -0.25) is 0 Å². The monoisotopic (exact) mass is 288 g/mol. The predicted molar refractivity (Wildman–Crippen MR) is 54.7 cm³/mol. The van der Waals surface area contributed by atoms with Crippen molar-refractivity contribution in [1.82, 2.24) is 0 Å². The molecule has 0 bridgehead atoms. The first-order valence-corrected chi connectivity index (χ1v) is 5.47. The first kappa shape index (κ1) is 15.9. The molecule has 19 heavy (non-hydrogen) atoms.